The molecule has 0 spiro atoms. The second-order valence-corrected chi connectivity index (χ2v) is 12.8. The van der Waals surface area contributed by atoms with Crippen molar-refractivity contribution in [3.8, 4) is 11.1 Å². The van der Waals surface area contributed by atoms with Gasteiger partial charge in [0, 0.05) is 16.2 Å². The highest BCUT2D eigenvalue weighted by Gasteiger charge is 2.51. The molecule has 0 aromatic heterocycles. The Morgan fingerprint density at radius 1 is 0.947 bits per heavy atom. The van der Waals surface area contributed by atoms with Gasteiger partial charge in [-0.2, -0.15) is 33.4 Å². The van der Waals surface area contributed by atoms with Gasteiger partial charge >= 0.3 is 15.6 Å². The van der Waals surface area contributed by atoms with Crippen LogP contribution in [0.1, 0.15) is 25.0 Å². The molecule has 38 heavy (non-hydrogen) atoms. The first kappa shape index (κ1) is 28.6. The lowest BCUT2D eigenvalue weighted by Gasteiger charge is -2.41. The number of nitrogens with zero attached hydrogens (tertiary/aromatic N) is 1. The highest BCUT2D eigenvalue weighted by atomic mass is 32.2. The fourth-order valence-electron chi connectivity index (χ4n) is 4.31. The Kier molecular flexibility index (Phi) is 8.56. The first-order valence-electron chi connectivity index (χ1n) is 11.9. The lowest BCUT2D eigenvalue weighted by atomic mass is 9.89. The lowest BCUT2D eigenvalue weighted by Crippen LogP contribution is -2.48. The standard InChI is InChI=1S/C28H28F3NO3S3/c1-27(2)18-22(19-37-16-15-20-9-5-4-6-10-20)24-17-21(23-11-7-8-12-26(23)36-3)13-14-25(24)32(27)35-38(33,34)28(29,30)31/h4-14,17-18H,15-16,19H2,1-3H3. The van der Waals surface area contributed by atoms with Crippen molar-refractivity contribution < 1.29 is 25.9 Å². The topological polar surface area (TPSA) is 46.6 Å². The average molecular weight is 580 g/mol. The van der Waals surface area contributed by atoms with Crippen molar-refractivity contribution in [1.29, 1.82) is 0 Å². The summed E-state index contributed by atoms with van der Waals surface area (Å²) in [7, 11) is -5.86. The van der Waals surface area contributed by atoms with E-state index in [-0.39, 0.29) is 5.69 Å². The second kappa shape index (κ2) is 11.4. The smallest absolute Gasteiger partial charge is 0.226 e. The number of aryl methyl sites for hydroxylation is 1. The van der Waals surface area contributed by atoms with Crippen LogP contribution in [0.25, 0.3) is 16.7 Å². The van der Waals surface area contributed by atoms with Gasteiger partial charge in [-0.25, -0.2) is 5.06 Å². The number of hydrogen-bond donors (Lipinski definition) is 0. The maximum Gasteiger partial charge on any atom is 0.525 e. The zero-order valence-electron chi connectivity index (χ0n) is 21.2. The van der Waals surface area contributed by atoms with E-state index in [0.717, 1.165) is 38.8 Å². The molecule has 4 nitrogen and oxygen atoms in total. The highest BCUT2D eigenvalue weighted by molar-refractivity contribution is 7.99. The monoisotopic (exact) mass is 579 g/mol. The van der Waals surface area contributed by atoms with Gasteiger partial charge in [-0.05, 0) is 72.7 Å². The minimum absolute atomic E-state index is 0.273. The number of rotatable bonds is 9. The van der Waals surface area contributed by atoms with Crippen LogP contribution < -0.4 is 5.06 Å². The van der Waals surface area contributed by atoms with Crippen molar-refractivity contribution >= 4 is 44.9 Å². The fraction of sp³-hybridized carbons (Fsp3) is 0.286. The van der Waals surface area contributed by atoms with Crippen LogP contribution in [0.15, 0.2) is 83.8 Å². The van der Waals surface area contributed by atoms with Gasteiger partial charge in [-0.3, -0.25) is 0 Å². The average Bonchev–Trinajstić information content (AvgIpc) is 2.88. The normalized spacial score (nSPS) is 15.2. The largest absolute Gasteiger partial charge is 0.525 e. The van der Waals surface area contributed by atoms with Crippen molar-refractivity contribution in [2.75, 3.05) is 22.8 Å². The van der Waals surface area contributed by atoms with Crippen LogP contribution in [0.3, 0.4) is 0 Å². The molecule has 202 valence electrons. The number of alkyl halides is 3. The number of anilines is 1. The SMILES string of the molecule is CSc1ccccc1-c1ccc2c(c1)C(CSCCc1ccccc1)=CC(C)(C)N2OS(=O)(=O)C(F)(F)F. The molecule has 0 fully saturated rings. The first-order valence-corrected chi connectivity index (χ1v) is 15.6. The van der Waals surface area contributed by atoms with E-state index in [4.69, 9.17) is 4.28 Å². The van der Waals surface area contributed by atoms with E-state index < -0.39 is 21.2 Å². The molecular formula is C28H28F3NO3S3. The maximum atomic E-state index is 13.2. The molecule has 1 aliphatic rings. The molecule has 3 aromatic rings. The van der Waals surface area contributed by atoms with Crippen molar-refractivity contribution in [1.82, 2.24) is 0 Å². The summed E-state index contributed by atoms with van der Waals surface area (Å²) < 4.78 is 68.5. The number of hydrogen-bond acceptors (Lipinski definition) is 6. The predicted octanol–water partition coefficient (Wildman–Crippen LogP) is 7.81. The van der Waals surface area contributed by atoms with Crippen LogP contribution in [-0.4, -0.2) is 37.2 Å². The molecule has 0 amide bonds. The molecule has 0 bridgehead atoms. The molecule has 0 aliphatic carbocycles. The summed E-state index contributed by atoms with van der Waals surface area (Å²) in [4.78, 5) is 1.05. The molecule has 0 radical (unpaired) electrons. The van der Waals surface area contributed by atoms with E-state index in [0.29, 0.717) is 11.3 Å². The summed E-state index contributed by atoms with van der Waals surface area (Å²) in [6.45, 7) is 3.26. The van der Waals surface area contributed by atoms with Gasteiger partial charge in [0.25, 0.3) is 0 Å². The molecule has 0 saturated heterocycles. The van der Waals surface area contributed by atoms with E-state index in [1.165, 1.54) is 5.56 Å². The van der Waals surface area contributed by atoms with Gasteiger partial charge in [-0.1, -0.05) is 60.7 Å². The predicted molar refractivity (Wildman–Crippen MR) is 152 cm³/mol. The van der Waals surface area contributed by atoms with Crippen LogP contribution in [0.4, 0.5) is 18.9 Å². The number of fused-ring (bicyclic) bond motifs is 1. The molecule has 10 heteroatoms. The first-order chi connectivity index (χ1) is 17.9. The molecule has 0 N–H and O–H groups in total. The summed E-state index contributed by atoms with van der Waals surface area (Å²) in [5.74, 6) is 1.46. The van der Waals surface area contributed by atoms with E-state index in [1.807, 2.05) is 54.8 Å². The Labute approximate surface area is 230 Å². The number of halogens is 3. The third-order valence-corrected chi connectivity index (χ3v) is 8.84. The summed E-state index contributed by atoms with van der Waals surface area (Å²) >= 11 is 3.31. The van der Waals surface area contributed by atoms with Crippen LogP contribution in [0.5, 0.6) is 0 Å². The molecule has 0 atom stereocenters. The quantitative estimate of drug-likeness (QED) is 0.146. The third kappa shape index (κ3) is 6.25. The summed E-state index contributed by atoms with van der Waals surface area (Å²) in [6.07, 6.45) is 4.66. The van der Waals surface area contributed by atoms with Gasteiger partial charge in [0.05, 0.1) is 11.2 Å². The maximum absolute atomic E-state index is 13.2. The molecule has 3 aromatic carbocycles. The second-order valence-electron chi connectivity index (χ2n) is 9.31. The van der Waals surface area contributed by atoms with Crippen LogP contribution >= 0.6 is 23.5 Å². The van der Waals surface area contributed by atoms with Crippen LogP contribution in [-0.2, 0) is 20.8 Å². The van der Waals surface area contributed by atoms with Crippen LogP contribution in [0.2, 0.25) is 0 Å². The Hall–Kier alpha value is -2.40. The van der Waals surface area contributed by atoms with Crippen LogP contribution in [0, 0.1) is 0 Å². The molecular weight excluding hydrogens is 552 g/mol. The van der Waals surface area contributed by atoms with E-state index in [1.54, 1.807) is 55.6 Å². The molecule has 0 unspecified atom stereocenters. The Morgan fingerprint density at radius 2 is 1.63 bits per heavy atom. The number of hydroxylamine groups is 1. The van der Waals surface area contributed by atoms with Gasteiger partial charge in [-0.15, -0.1) is 16.0 Å². The van der Waals surface area contributed by atoms with Gasteiger partial charge < -0.3 is 0 Å². The minimum Gasteiger partial charge on any atom is -0.226 e. The molecule has 4 rings (SSSR count). The van der Waals surface area contributed by atoms with Crippen molar-refractivity contribution in [2.24, 2.45) is 0 Å². The zero-order valence-corrected chi connectivity index (χ0v) is 23.6. The van der Waals surface area contributed by atoms with Gasteiger partial charge in [0.1, 0.15) is 0 Å². The summed E-state index contributed by atoms with van der Waals surface area (Å²) in [6, 6.07) is 23.3. The summed E-state index contributed by atoms with van der Waals surface area (Å²) in [5, 5.41) is 0.855. The molecule has 1 aliphatic heterocycles. The van der Waals surface area contributed by atoms with Crippen molar-refractivity contribution in [2.45, 2.75) is 36.2 Å². The Balaban J connectivity index is 1.71. The van der Waals surface area contributed by atoms with Gasteiger partial charge in [0.2, 0.25) is 0 Å². The number of thioether (sulfide) groups is 2. The Morgan fingerprint density at radius 3 is 2.32 bits per heavy atom. The van der Waals surface area contributed by atoms with Crippen molar-refractivity contribution in [3.05, 3.63) is 90.0 Å². The highest BCUT2D eigenvalue weighted by Crippen LogP contribution is 2.44. The molecule has 0 saturated carbocycles. The molecule has 1 heterocycles. The van der Waals surface area contributed by atoms with Crippen molar-refractivity contribution in [3.63, 3.8) is 0 Å². The Bertz CT molecular complexity index is 1420. The number of benzene rings is 3. The van der Waals surface area contributed by atoms with Gasteiger partial charge in [0.15, 0.2) is 0 Å². The summed E-state index contributed by atoms with van der Waals surface area (Å²) in [5.41, 5.74) is -1.78. The lowest BCUT2D eigenvalue weighted by molar-refractivity contribution is -0.0561. The van der Waals surface area contributed by atoms with E-state index >= 15 is 0 Å². The minimum atomic E-state index is -5.86. The zero-order chi connectivity index (χ0) is 27.6. The van der Waals surface area contributed by atoms with E-state index in [9.17, 15) is 21.6 Å². The third-order valence-electron chi connectivity index (χ3n) is 6.12. The van der Waals surface area contributed by atoms with E-state index in [2.05, 4.69) is 12.1 Å². The fourth-order valence-corrected chi connectivity index (χ4v) is 6.46.